The number of benzene rings is 1. The van der Waals surface area contributed by atoms with E-state index in [1.807, 2.05) is 0 Å². The summed E-state index contributed by atoms with van der Waals surface area (Å²) < 4.78 is 11.5. The molecular weight excluding hydrogens is 290 g/mol. The molecule has 0 spiro atoms. The van der Waals surface area contributed by atoms with Crippen LogP contribution in [0, 0.1) is 0 Å². The number of carboxylic acid groups (broad SMARTS) is 1. The third-order valence-corrected chi connectivity index (χ3v) is 2.93. The summed E-state index contributed by atoms with van der Waals surface area (Å²) in [5.41, 5.74) is 0.0376. The molecule has 22 heavy (non-hydrogen) atoms. The van der Waals surface area contributed by atoms with Crippen LogP contribution in [0.2, 0.25) is 0 Å². The van der Waals surface area contributed by atoms with Gasteiger partial charge in [-0.2, -0.15) is 5.10 Å². The topological polar surface area (TPSA) is 103 Å². The van der Waals surface area contributed by atoms with Crippen molar-refractivity contribution in [3.63, 3.8) is 0 Å². The van der Waals surface area contributed by atoms with Gasteiger partial charge in [0.15, 0.2) is 5.69 Å². The van der Waals surface area contributed by atoms with E-state index in [0.717, 1.165) is 0 Å². The first-order chi connectivity index (χ1) is 10.5. The van der Waals surface area contributed by atoms with Crippen LogP contribution in [0.25, 0.3) is 0 Å². The number of methoxy groups -OCH3 is 2. The lowest BCUT2D eigenvalue weighted by Gasteiger charge is -2.11. The number of rotatable bonds is 5. The first-order valence-electron chi connectivity index (χ1n) is 6.26. The van der Waals surface area contributed by atoms with Crippen molar-refractivity contribution in [2.45, 2.75) is 0 Å². The first kappa shape index (κ1) is 15.4. The summed E-state index contributed by atoms with van der Waals surface area (Å²) in [6, 6.07) is 4.85. The Kier molecular flexibility index (Phi) is 4.31. The van der Waals surface area contributed by atoms with E-state index in [1.54, 1.807) is 18.2 Å². The lowest BCUT2D eigenvalue weighted by atomic mass is 10.2. The Hall–Kier alpha value is -3.03. The van der Waals surface area contributed by atoms with Gasteiger partial charge in [0.25, 0.3) is 5.91 Å². The van der Waals surface area contributed by atoms with Gasteiger partial charge >= 0.3 is 5.97 Å². The Bertz CT molecular complexity index is 723. The Morgan fingerprint density at radius 2 is 2.00 bits per heavy atom. The second kappa shape index (κ2) is 6.17. The summed E-state index contributed by atoms with van der Waals surface area (Å²) >= 11 is 0. The smallest absolute Gasteiger partial charge is 0.339 e. The molecule has 1 amide bonds. The minimum Gasteiger partial charge on any atom is -0.497 e. The average Bonchev–Trinajstić information content (AvgIpc) is 2.90. The SMILES string of the molecule is COc1ccc(NC(=O)c2nn(C)cc2C(=O)O)c(OC)c1. The molecule has 116 valence electrons. The van der Waals surface area contributed by atoms with Crippen LogP contribution in [0.5, 0.6) is 11.5 Å². The molecule has 0 aliphatic rings. The highest BCUT2D eigenvalue weighted by Gasteiger charge is 2.22. The van der Waals surface area contributed by atoms with Gasteiger partial charge in [-0.25, -0.2) is 4.79 Å². The molecular formula is C14H15N3O5. The molecule has 2 rings (SSSR count). The molecule has 2 aromatic rings. The van der Waals surface area contributed by atoms with Crippen LogP contribution < -0.4 is 14.8 Å². The molecule has 0 unspecified atom stereocenters. The van der Waals surface area contributed by atoms with Crippen LogP contribution in [0.15, 0.2) is 24.4 Å². The number of aromatic nitrogens is 2. The number of hydrogen-bond acceptors (Lipinski definition) is 5. The minimum absolute atomic E-state index is 0.173. The highest BCUT2D eigenvalue weighted by Crippen LogP contribution is 2.29. The standard InChI is InChI=1S/C14H15N3O5/c1-17-7-9(14(19)20)12(16-17)13(18)15-10-5-4-8(21-2)6-11(10)22-3/h4-7H,1-3H3,(H,15,18)(H,19,20). The molecule has 1 heterocycles. The predicted octanol–water partition coefficient (Wildman–Crippen LogP) is 1.39. The minimum atomic E-state index is -1.22. The number of carbonyl (C=O) groups excluding carboxylic acids is 1. The zero-order valence-corrected chi connectivity index (χ0v) is 12.3. The maximum atomic E-state index is 12.2. The van der Waals surface area contributed by atoms with Crippen LogP contribution in [0.1, 0.15) is 20.8 Å². The van der Waals surface area contributed by atoms with Gasteiger partial charge in [-0.3, -0.25) is 9.48 Å². The number of anilines is 1. The van der Waals surface area contributed by atoms with Gasteiger partial charge in [-0.05, 0) is 12.1 Å². The number of nitrogens with zero attached hydrogens (tertiary/aromatic N) is 2. The van der Waals surface area contributed by atoms with Crippen molar-refractivity contribution in [3.8, 4) is 11.5 Å². The summed E-state index contributed by atoms with van der Waals surface area (Å²) in [6.45, 7) is 0. The van der Waals surface area contributed by atoms with Crippen molar-refractivity contribution >= 4 is 17.6 Å². The van der Waals surface area contributed by atoms with Gasteiger partial charge in [0.2, 0.25) is 0 Å². The summed E-state index contributed by atoms with van der Waals surface area (Å²) in [7, 11) is 4.51. The van der Waals surface area contributed by atoms with Gasteiger partial charge in [0.1, 0.15) is 17.1 Å². The fraction of sp³-hybridized carbons (Fsp3) is 0.214. The molecule has 2 N–H and O–H groups in total. The van der Waals surface area contributed by atoms with E-state index in [9.17, 15) is 9.59 Å². The van der Waals surface area contributed by atoms with Crippen LogP contribution in [0.3, 0.4) is 0 Å². The van der Waals surface area contributed by atoms with E-state index in [-0.39, 0.29) is 11.3 Å². The number of hydrogen-bond donors (Lipinski definition) is 2. The van der Waals surface area contributed by atoms with E-state index in [2.05, 4.69) is 10.4 Å². The summed E-state index contributed by atoms with van der Waals surface area (Å²) in [6.07, 6.45) is 1.27. The van der Waals surface area contributed by atoms with Crippen molar-refractivity contribution < 1.29 is 24.2 Å². The van der Waals surface area contributed by atoms with Gasteiger partial charge in [0, 0.05) is 19.3 Å². The summed E-state index contributed by atoms with van der Waals surface area (Å²) in [5, 5.41) is 15.5. The number of aryl methyl sites for hydroxylation is 1. The molecule has 0 radical (unpaired) electrons. The van der Waals surface area contributed by atoms with E-state index in [4.69, 9.17) is 14.6 Å². The zero-order chi connectivity index (χ0) is 16.3. The van der Waals surface area contributed by atoms with Crippen molar-refractivity contribution in [2.75, 3.05) is 19.5 Å². The molecule has 1 aromatic carbocycles. The number of nitrogens with one attached hydrogen (secondary N) is 1. The Balaban J connectivity index is 2.31. The molecule has 0 aliphatic carbocycles. The van der Waals surface area contributed by atoms with Crippen LogP contribution >= 0.6 is 0 Å². The lowest BCUT2D eigenvalue weighted by Crippen LogP contribution is -2.16. The van der Waals surface area contributed by atoms with Gasteiger partial charge < -0.3 is 19.9 Å². The van der Waals surface area contributed by atoms with E-state index >= 15 is 0 Å². The third-order valence-electron chi connectivity index (χ3n) is 2.93. The zero-order valence-electron chi connectivity index (χ0n) is 12.3. The third kappa shape index (κ3) is 3.00. The van der Waals surface area contributed by atoms with Gasteiger partial charge in [-0.15, -0.1) is 0 Å². The van der Waals surface area contributed by atoms with Gasteiger partial charge in [0.05, 0.1) is 19.9 Å². The van der Waals surface area contributed by atoms with Crippen LogP contribution in [0.4, 0.5) is 5.69 Å². The van der Waals surface area contributed by atoms with Gasteiger partial charge in [-0.1, -0.05) is 0 Å². The molecule has 0 saturated heterocycles. The maximum absolute atomic E-state index is 12.2. The summed E-state index contributed by atoms with van der Waals surface area (Å²) in [4.78, 5) is 23.4. The number of carbonyl (C=O) groups is 2. The Labute approximate surface area is 126 Å². The Morgan fingerprint density at radius 1 is 1.27 bits per heavy atom. The monoisotopic (exact) mass is 305 g/mol. The molecule has 8 heteroatoms. The first-order valence-corrected chi connectivity index (χ1v) is 6.26. The highest BCUT2D eigenvalue weighted by molar-refractivity contribution is 6.09. The molecule has 0 bridgehead atoms. The number of carboxylic acids is 1. The molecule has 0 fully saturated rings. The lowest BCUT2D eigenvalue weighted by molar-refractivity contribution is 0.0692. The molecule has 0 atom stereocenters. The van der Waals surface area contributed by atoms with Crippen molar-refractivity contribution in [1.29, 1.82) is 0 Å². The molecule has 0 saturated carbocycles. The van der Waals surface area contributed by atoms with Crippen molar-refractivity contribution in [2.24, 2.45) is 7.05 Å². The number of amides is 1. The Morgan fingerprint density at radius 3 is 2.59 bits per heavy atom. The van der Waals surface area contributed by atoms with E-state index in [1.165, 1.54) is 32.1 Å². The number of ether oxygens (including phenoxy) is 2. The second-order valence-corrected chi connectivity index (χ2v) is 4.39. The van der Waals surface area contributed by atoms with Crippen molar-refractivity contribution in [1.82, 2.24) is 9.78 Å². The highest BCUT2D eigenvalue weighted by atomic mass is 16.5. The average molecular weight is 305 g/mol. The molecule has 1 aromatic heterocycles. The van der Waals surface area contributed by atoms with Crippen LogP contribution in [-0.2, 0) is 7.05 Å². The second-order valence-electron chi connectivity index (χ2n) is 4.39. The summed E-state index contributed by atoms with van der Waals surface area (Å²) in [5.74, 6) is -0.902. The van der Waals surface area contributed by atoms with Crippen LogP contribution in [-0.4, -0.2) is 41.0 Å². The number of aromatic carboxylic acids is 1. The predicted molar refractivity (Wildman–Crippen MR) is 77.7 cm³/mol. The molecule has 8 nitrogen and oxygen atoms in total. The fourth-order valence-corrected chi connectivity index (χ4v) is 1.90. The van der Waals surface area contributed by atoms with Crippen molar-refractivity contribution in [3.05, 3.63) is 35.7 Å². The fourth-order valence-electron chi connectivity index (χ4n) is 1.90. The quantitative estimate of drug-likeness (QED) is 0.865. The molecule has 0 aliphatic heterocycles. The largest absolute Gasteiger partial charge is 0.497 e. The normalized spacial score (nSPS) is 10.1. The van der Waals surface area contributed by atoms with E-state index in [0.29, 0.717) is 17.2 Å². The maximum Gasteiger partial charge on any atom is 0.339 e. The van der Waals surface area contributed by atoms with E-state index < -0.39 is 11.9 Å².